The van der Waals surface area contributed by atoms with E-state index in [-0.39, 0.29) is 0 Å². The smallest absolute Gasteiger partial charge is 0.274 e. The molecule has 0 aromatic heterocycles. The average Bonchev–Trinajstić information content (AvgIpc) is 2.25. The minimum absolute atomic E-state index is 0.338. The van der Waals surface area contributed by atoms with Gasteiger partial charge in [0.15, 0.2) is 0 Å². The predicted octanol–water partition coefficient (Wildman–Crippen LogP) is 1.40. The number of nitrogens with two attached hydrogens (primary N) is 1. The van der Waals surface area contributed by atoms with Crippen LogP contribution in [0.4, 0.5) is 0 Å². The predicted molar refractivity (Wildman–Crippen MR) is 69.9 cm³/mol. The summed E-state index contributed by atoms with van der Waals surface area (Å²) in [7, 11) is -3.55. The molecule has 0 saturated heterocycles. The van der Waals surface area contributed by atoms with E-state index in [1.165, 1.54) is 19.3 Å². The Kier molecular flexibility index (Phi) is 9.72. The minimum atomic E-state index is -3.55. The second-order valence-electron chi connectivity index (χ2n) is 4.28. The number of rotatable bonds is 11. The third-order valence-electron chi connectivity index (χ3n) is 2.67. The van der Waals surface area contributed by atoms with E-state index >= 15 is 0 Å². The molecular weight excluding hydrogens is 240 g/mol. The molecule has 0 aromatic rings. The molecule has 104 valence electrons. The van der Waals surface area contributed by atoms with Crippen LogP contribution in [0.3, 0.4) is 0 Å². The minimum Gasteiger partial charge on any atom is -0.381 e. The Morgan fingerprint density at radius 1 is 1.29 bits per heavy atom. The Hall–Kier alpha value is -0.170. The highest BCUT2D eigenvalue weighted by Crippen LogP contribution is 2.12. The first-order valence-electron chi connectivity index (χ1n) is 6.34. The molecule has 6 heteroatoms. The first-order valence-corrected chi connectivity index (χ1v) is 7.89. The van der Waals surface area contributed by atoms with Crippen molar-refractivity contribution < 1.29 is 13.2 Å². The average molecular weight is 266 g/mol. The fourth-order valence-corrected chi connectivity index (χ4v) is 1.97. The van der Waals surface area contributed by atoms with Gasteiger partial charge in [-0.05, 0) is 18.8 Å². The molecule has 0 aliphatic heterocycles. The van der Waals surface area contributed by atoms with E-state index in [0.717, 1.165) is 13.0 Å². The molecule has 0 amide bonds. The van der Waals surface area contributed by atoms with Gasteiger partial charge in [0.25, 0.3) is 10.2 Å². The van der Waals surface area contributed by atoms with Crippen molar-refractivity contribution in [2.45, 2.75) is 46.0 Å². The lowest BCUT2D eigenvalue weighted by Gasteiger charge is -2.14. The second kappa shape index (κ2) is 9.82. The highest BCUT2D eigenvalue weighted by atomic mass is 32.2. The second-order valence-corrected chi connectivity index (χ2v) is 5.66. The highest BCUT2D eigenvalue weighted by molar-refractivity contribution is 7.87. The topological polar surface area (TPSA) is 81.4 Å². The molecule has 0 saturated carbocycles. The molecule has 0 rings (SSSR count). The number of ether oxygens (including phenoxy) is 1. The summed E-state index contributed by atoms with van der Waals surface area (Å²) >= 11 is 0. The maximum absolute atomic E-state index is 10.6. The third-order valence-corrected chi connectivity index (χ3v) is 3.27. The molecule has 0 bridgehead atoms. The van der Waals surface area contributed by atoms with Crippen molar-refractivity contribution in [1.29, 1.82) is 0 Å². The van der Waals surface area contributed by atoms with Gasteiger partial charge in [-0.3, -0.25) is 0 Å². The SMILES string of the molecule is CCCCC(CC)COCCCNS(N)(=O)=O. The van der Waals surface area contributed by atoms with Crippen LogP contribution >= 0.6 is 0 Å². The van der Waals surface area contributed by atoms with Crippen molar-refractivity contribution in [3.63, 3.8) is 0 Å². The standard InChI is InChI=1S/C11H26N2O3S/c1-3-5-7-11(4-2)10-16-9-6-8-13-17(12,14)15/h11,13H,3-10H2,1-2H3,(H2,12,14,15). The van der Waals surface area contributed by atoms with Gasteiger partial charge in [-0.1, -0.05) is 33.1 Å². The van der Waals surface area contributed by atoms with Gasteiger partial charge in [-0.15, -0.1) is 0 Å². The molecule has 17 heavy (non-hydrogen) atoms. The van der Waals surface area contributed by atoms with Crippen LogP contribution < -0.4 is 9.86 Å². The van der Waals surface area contributed by atoms with E-state index in [4.69, 9.17) is 9.88 Å². The van der Waals surface area contributed by atoms with E-state index in [2.05, 4.69) is 18.6 Å². The van der Waals surface area contributed by atoms with Crippen molar-refractivity contribution >= 4 is 10.2 Å². The summed E-state index contributed by atoms with van der Waals surface area (Å²) < 4.78 is 28.9. The quantitative estimate of drug-likeness (QED) is 0.555. The summed E-state index contributed by atoms with van der Waals surface area (Å²) in [6.45, 7) is 6.04. The summed E-state index contributed by atoms with van der Waals surface area (Å²) in [5.74, 6) is 0.626. The molecule has 0 spiro atoms. The van der Waals surface area contributed by atoms with Crippen LogP contribution in [-0.4, -0.2) is 28.2 Å². The molecule has 5 nitrogen and oxygen atoms in total. The van der Waals surface area contributed by atoms with E-state index in [1.807, 2.05) is 0 Å². The van der Waals surface area contributed by atoms with Crippen molar-refractivity contribution in [2.75, 3.05) is 19.8 Å². The van der Waals surface area contributed by atoms with E-state index in [0.29, 0.717) is 25.5 Å². The van der Waals surface area contributed by atoms with Crippen LogP contribution in [-0.2, 0) is 14.9 Å². The van der Waals surface area contributed by atoms with Crippen LogP contribution in [0, 0.1) is 5.92 Å². The van der Waals surface area contributed by atoms with Gasteiger partial charge in [0.2, 0.25) is 0 Å². The molecular formula is C11H26N2O3S. The van der Waals surface area contributed by atoms with E-state index in [1.54, 1.807) is 0 Å². The Morgan fingerprint density at radius 3 is 2.53 bits per heavy atom. The summed E-state index contributed by atoms with van der Waals surface area (Å²) in [5, 5.41) is 4.80. The molecule has 3 N–H and O–H groups in total. The third kappa shape index (κ3) is 12.1. The van der Waals surface area contributed by atoms with Crippen LogP contribution in [0.1, 0.15) is 46.0 Å². The molecule has 0 heterocycles. The lowest BCUT2D eigenvalue weighted by atomic mass is 10.0. The first-order chi connectivity index (χ1) is 7.99. The first kappa shape index (κ1) is 16.8. The van der Waals surface area contributed by atoms with Gasteiger partial charge in [0.05, 0.1) is 0 Å². The van der Waals surface area contributed by atoms with Crippen molar-refractivity contribution in [2.24, 2.45) is 11.1 Å². The summed E-state index contributed by atoms with van der Waals surface area (Å²) in [5.41, 5.74) is 0. The molecule has 0 aromatic carbocycles. The van der Waals surface area contributed by atoms with Crippen molar-refractivity contribution in [3.05, 3.63) is 0 Å². The van der Waals surface area contributed by atoms with Crippen molar-refractivity contribution in [1.82, 2.24) is 4.72 Å². The van der Waals surface area contributed by atoms with Crippen LogP contribution in [0.25, 0.3) is 0 Å². The Morgan fingerprint density at radius 2 is 2.00 bits per heavy atom. The van der Waals surface area contributed by atoms with Gasteiger partial charge < -0.3 is 4.74 Å². The summed E-state index contributed by atoms with van der Waals surface area (Å²) in [4.78, 5) is 0. The maximum Gasteiger partial charge on any atom is 0.274 e. The Bertz CT molecular complexity index is 268. The largest absolute Gasteiger partial charge is 0.381 e. The molecule has 1 unspecified atom stereocenters. The number of hydrogen-bond donors (Lipinski definition) is 2. The van der Waals surface area contributed by atoms with E-state index in [9.17, 15) is 8.42 Å². The zero-order valence-corrected chi connectivity index (χ0v) is 11.8. The zero-order chi connectivity index (χ0) is 13.1. The van der Waals surface area contributed by atoms with Gasteiger partial charge in [-0.25, -0.2) is 9.86 Å². The highest BCUT2D eigenvalue weighted by Gasteiger charge is 2.05. The van der Waals surface area contributed by atoms with E-state index < -0.39 is 10.2 Å². The molecule has 0 fully saturated rings. The summed E-state index contributed by atoms with van der Waals surface area (Å²) in [6.07, 6.45) is 5.46. The Labute approximate surface area is 105 Å². The van der Waals surface area contributed by atoms with Gasteiger partial charge in [-0.2, -0.15) is 8.42 Å². The van der Waals surface area contributed by atoms with Crippen molar-refractivity contribution in [3.8, 4) is 0 Å². The molecule has 0 aliphatic carbocycles. The lowest BCUT2D eigenvalue weighted by Crippen LogP contribution is -2.32. The molecule has 0 aliphatic rings. The zero-order valence-electron chi connectivity index (χ0n) is 10.9. The molecule has 1 atom stereocenters. The number of hydrogen-bond acceptors (Lipinski definition) is 3. The monoisotopic (exact) mass is 266 g/mol. The fraction of sp³-hybridized carbons (Fsp3) is 1.00. The summed E-state index contributed by atoms with van der Waals surface area (Å²) in [6, 6.07) is 0. The maximum atomic E-state index is 10.6. The normalized spacial score (nSPS) is 13.8. The van der Waals surface area contributed by atoms with Crippen LogP contribution in [0.15, 0.2) is 0 Å². The van der Waals surface area contributed by atoms with Gasteiger partial charge in [0.1, 0.15) is 0 Å². The Balaban J connectivity index is 3.42. The van der Waals surface area contributed by atoms with Gasteiger partial charge >= 0.3 is 0 Å². The fourth-order valence-electron chi connectivity index (χ4n) is 1.54. The number of nitrogens with one attached hydrogen (secondary N) is 1. The van der Waals surface area contributed by atoms with Crippen LogP contribution in [0.2, 0.25) is 0 Å². The molecule has 0 radical (unpaired) electrons. The van der Waals surface area contributed by atoms with Gasteiger partial charge in [0, 0.05) is 19.8 Å². The van der Waals surface area contributed by atoms with Crippen LogP contribution in [0.5, 0.6) is 0 Å². The number of unbranched alkanes of at least 4 members (excludes halogenated alkanes) is 1. The lowest BCUT2D eigenvalue weighted by molar-refractivity contribution is 0.0928.